The lowest BCUT2D eigenvalue weighted by molar-refractivity contribution is -0.385. The maximum atomic E-state index is 13.1. The number of benzene rings is 2. The lowest BCUT2D eigenvalue weighted by atomic mass is 10.2. The fraction of sp³-hybridized carbons (Fsp3) is 0.316. The average molecular weight is 429 g/mol. The molecule has 10 nitrogen and oxygen atoms in total. The Balaban J connectivity index is 1.39. The van der Waals surface area contributed by atoms with E-state index < -0.39 is 12.6 Å². The van der Waals surface area contributed by atoms with Gasteiger partial charge in [-0.2, -0.15) is 0 Å². The van der Waals surface area contributed by atoms with E-state index in [4.69, 9.17) is 9.26 Å². The van der Waals surface area contributed by atoms with E-state index in [1.165, 1.54) is 6.07 Å². The molecular weight excluding hydrogens is 409 g/mol. The van der Waals surface area contributed by atoms with Crippen LogP contribution in [0.3, 0.4) is 0 Å². The Hall–Kier alpha value is -2.78. The number of imidazole rings is 1. The SMILES string of the molecule is Cn1cnc2cc(Oc3cc(COP(=O)(N4CC4)N4CC4)ccc3[N+](=O)[O-])ccc21. The van der Waals surface area contributed by atoms with Crippen LogP contribution >= 0.6 is 7.67 Å². The number of ether oxygens (including phenoxy) is 1. The fourth-order valence-electron chi connectivity index (χ4n) is 3.28. The van der Waals surface area contributed by atoms with Crippen LogP contribution in [0.15, 0.2) is 42.7 Å². The Morgan fingerprint density at radius 1 is 1.13 bits per heavy atom. The van der Waals surface area contributed by atoms with E-state index in [0.717, 1.165) is 37.2 Å². The number of nitro benzene ring substituents is 1. The molecule has 2 aliphatic rings. The van der Waals surface area contributed by atoms with Crippen LogP contribution < -0.4 is 4.74 Å². The first-order valence-corrected chi connectivity index (χ1v) is 11.1. The third-order valence-corrected chi connectivity index (χ3v) is 7.80. The molecule has 0 radical (unpaired) electrons. The molecule has 3 heterocycles. The first-order chi connectivity index (χ1) is 14.4. The second kappa shape index (κ2) is 7.17. The first-order valence-electron chi connectivity index (χ1n) is 9.56. The molecule has 2 fully saturated rings. The van der Waals surface area contributed by atoms with Crippen LogP contribution in [0.5, 0.6) is 11.5 Å². The van der Waals surface area contributed by atoms with Crippen molar-refractivity contribution in [2.75, 3.05) is 26.2 Å². The minimum absolute atomic E-state index is 0.0813. The topological polar surface area (TPSA) is 103 Å². The van der Waals surface area contributed by atoms with Gasteiger partial charge in [0.2, 0.25) is 5.75 Å². The maximum Gasteiger partial charge on any atom is 0.346 e. The normalized spacial score (nSPS) is 16.7. The third kappa shape index (κ3) is 3.59. The Labute approximate surface area is 172 Å². The maximum absolute atomic E-state index is 13.1. The summed E-state index contributed by atoms with van der Waals surface area (Å²) < 4.78 is 30.2. The minimum atomic E-state index is -2.96. The minimum Gasteiger partial charge on any atom is -0.450 e. The van der Waals surface area contributed by atoms with Crippen LogP contribution in [0, 0.1) is 10.1 Å². The summed E-state index contributed by atoms with van der Waals surface area (Å²) in [5, 5.41) is 11.5. The molecule has 156 valence electrons. The quantitative estimate of drug-likeness (QED) is 0.232. The number of rotatable bonds is 8. The van der Waals surface area contributed by atoms with Gasteiger partial charge in [0, 0.05) is 45.4 Å². The summed E-state index contributed by atoms with van der Waals surface area (Å²) in [5.74, 6) is 0.547. The van der Waals surface area contributed by atoms with Crippen molar-refractivity contribution in [3.05, 3.63) is 58.4 Å². The summed E-state index contributed by atoms with van der Waals surface area (Å²) in [5.41, 5.74) is 2.16. The number of nitro groups is 1. The van der Waals surface area contributed by atoms with Crippen molar-refractivity contribution >= 4 is 24.4 Å². The number of fused-ring (bicyclic) bond motifs is 1. The highest BCUT2D eigenvalue weighted by atomic mass is 31.2. The van der Waals surface area contributed by atoms with Gasteiger partial charge in [0.05, 0.1) is 28.9 Å². The number of aryl methyl sites for hydroxylation is 1. The average Bonchev–Trinajstić information content (AvgIpc) is 3.63. The van der Waals surface area contributed by atoms with Gasteiger partial charge in [-0.15, -0.1) is 0 Å². The van der Waals surface area contributed by atoms with Gasteiger partial charge in [-0.3, -0.25) is 14.7 Å². The molecule has 0 saturated carbocycles. The van der Waals surface area contributed by atoms with Crippen molar-refractivity contribution in [1.82, 2.24) is 18.9 Å². The van der Waals surface area contributed by atoms with E-state index >= 15 is 0 Å². The molecular formula is C19H20N5O5P. The zero-order valence-corrected chi connectivity index (χ0v) is 17.2. The van der Waals surface area contributed by atoms with Gasteiger partial charge in [0.1, 0.15) is 5.75 Å². The molecule has 0 spiro atoms. The van der Waals surface area contributed by atoms with Crippen LogP contribution in [0.2, 0.25) is 0 Å². The second-order valence-corrected chi connectivity index (χ2v) is 9.71. The van der Waals surface area contributed by atoms with Crippen molar-refractivity contribution in [2.45, 2.75) is 6.61 Å². The summed E-state index contributed by atoms with van der Waals surface area (Å²) in [6, 6.07) is 9.87. The van der Waals surface area contributed by atoms with Gasteiger partial charge in [0.25, 0.3) is 0 Å². The molecule has 1 aromatic heterocycles. The third-order valence-electron chi connectivity index (χ3n) is 5.11. The summed E-state index contributed by atoms with van der Waals surface area (Å²) in [4.78, 5) is 15.3. The first kappa shape index (κ1) is 19.2. The summed E-state index contributed by atoms with van der Waals surface area (Å²) >= 11 is 0. The van der Waals surface area contributed by atoms with Crippen LogP contribution in [-0.4, -0.2) is 50.0 Å². The molecule has 0 N–H and O–H groups in total. The number of hydrogen-bond acceptors (Lipinski definition) is 6. The fourth-order valence-corrected chi connectivity index (χ4v) is 5.47. The van der Waals surface area contributed by atoms with Gasteiger partial charge in [-0.25, -0.2) is 14.3 Å². The molecule has 30 heavy (non-hydrogen) atoms. The molecule has 2 saturated heterocycles. The van der Waals surface area contributed by atoms with Crippen LogP contribution in [0.25, 0.3) is 11.0 Å². The predicted molar refractivity (Wildman–Crippen MR) is 109 cm³/mol. The van der Waals surface area contributed by atoms with Crippen molar-refractivity contribution in [2.24, 2.45) is 7.05 Å². The lowest BCUT2D eigenvalue weighted by Gasteiger charge is -2.19. The van der Waals surface area contributed by atoms with Crippen LogP contribution in [0.1, 0.15) is 5.56 Å². The number of nitrogens with zero attached hydrogens (tertiary/aromatic N) is 5. The Morgan fingerprint density at radius 3 is 2.53 bits per heavy atom. The highest BCUT2D eigenvalue weighted by molar-refractivity contribution is 7.54. The van der Waals surface area contributed by atoms with Crippen LogP contribution in [-0.2, 0) is 22.7 Å². The molecule has 0 unspecified atom stereocenters. The van der Waals surface area contributed by atoms with Crippen molar-refractivity contribution in [1.29, 1.82) is 0 Å². The van der Waals surface area contributed by atoms with Gasteiger partial charge >= 0.3 is 13.4 Å². The number of hydrogen-bond donors (Lipinski definition) is 0. The highest BCUT2D eigenvalue weighted by Crippen LogP contribution is 2.61. The molecule has 5 rings (SSSR count). The van der Waals surface area contributed by atoms with Gasteiger partial charge in [-0.1, -0.05) is 0 Å². The van der Waals surface area contributed by atoms with Gasteiger partial charge < -0.3 is 13.8 Å². The molecule has 2 aliphatic heterocycles. The summed E-state index contributed by atoms with van der Waals surface area (Å²) in [7, 11) is -1.07. The number of aromatic nitrogens is 2. The van der Waals surface area contributed by atoms with Crippen LogP contribution in [0.4, 0.5) is 5.69 Å². The second-order valence-electron chi connectivity index (χ2n) is 7.34. The van der Waals surface area contributed by atoms with Gasteiger partial charge in [0.15, 0.2) is 0 Å². The monoisotopic (exact) mass is 429 g/mol. The zero-order valence-electron chi connectivity index (χ0n) is 16.3. The zero-order chi connectivity index (χ0) is 20.9. The van der Waals surface area contributed by atoms with E-state index in [9.17, 15) is 14.7 Å². The summed E-state index contributed by atoms with van der Waals surface area (Å²) in [6.45, 7) is 3.13. The van der Waals surface area contributed by atoms with Crippen molar-refractivity contribution < 1.29 is 18.7 Å². The molecule has 0 atom stereocenters. The molecule has 3 aromatic rings. The van der Waals surface area contributed by atoms with Crippen molar-refractivity contribution in [3.63, 3.8) is 0 Å². The lowest BCUT2D eigenvalue weighted by Crippen LogP contribution is -2.08. The smallest absolute Gasteiger partial charge is 0.346 e. The van der Waals surface area contributed by atoms with Crippen molar-refractivity contribution in [3.8, 4) is 11.5 Å². The van der Waals surface area contributed by atoms with E-state index in [0.29, 0.717) is 11.3 Å². The standard InChI is InChI=1S/C19H20N5O5P/c1-21-13-20-16-11-15(3-5-17(16)21)29-19-10-14(2-4-18(19)24(25)26)12-28-30(27,22-6-7-22)23-8-9-23/h2-5,10-11,13H,6-9,12H2,1H3. The summed E-state index contributed by atoms with van der Waals surface area (Å²) in [6.07, 6.45) is 1.69. The molecule has 11 heteroatoms. The van der Waals surface area contributed by atoms with E-state index in [2.05, 4.69) is 4.98 Å². The predicted octanol–water partition coefficient (Wildman–Crippen LogP) is 3.53. The molecule has 0 aliphatic carbocycles. The molecule has 0 bridgehead atoms. The van der Waals surface area contributed by atoms with E-state index in [1.54, 1.807) is 30.6 Å². The largest absolute Gasteiger partial charge is 0.450 e. The molecule has 2 aromatic carbocycles. The van der Waals surface area contributed by atoms with E-state index in [-0.39, 0.29) is 18.0 Å². The van der Waals surface area contributed by atoms with Gasteiger partial charge in [-0.05, 0) is 29.8 Å². The Morgan fingerprint density at radius 2 is 1.87 bits per heavy atom. The Kier molecular flexibility index (Phi) is 4.59. The molecule has 0 amide bonds. The Bertz CT molecular complexity index is 1170. The highest BCUT2D eigenvalue weighted by Gasteiger charge is 2.49. The van der Waals surface area contributed by atoms with E-state index in [1.807, 2.05) is 27.0 Å².